The van der Waals surface area contributed by atoms with E-state index in [4.69, 9.17) is 20.7 Å². The van der Waals surface area contributed by atoms with Crippen molar-refractivity contribution < 1.29 is 24.5 Å². The maximum atomic E-state index is 11.2. The van der Waals surface area contributed by atoms with Crippen LogP contribution in [0.4, 0.5) is 0 Å². The fraction of sp³-hybridized carbons (Fsp3) is 0.200. The van der Waals surface area contributed by atoms with Crippen LogP contribution in [0, 0.1) is 0 Å². The molecule has 116 valence electrons. The van der Waals surface area contributed by atoms with Gasteiger partial charge in [-0.05, 0) is 35.0 Å². The van der Waals surface area contributed by atoms with Crippen molar-refractivity contribution in [3.8, 4) is 5.75 Å². The SMILES string of the molecule is NC(CC(Oc1ccc2cc(Br)ccc2c1)C(=O)O)C(=O)O. The summed E-state index contributed by atoms with van der Waals surface area (Å²) in [5, 5.41) is 19.8. The van der Waals surface area contributed by atoms with Crippen LogP contribution >= 0.6 is 15.9 Å². The molecule has 2 rings (SSSR count). The molecule has 0 radical (unpaired) electrons. The van der Waals surface area contributed by atoms with Gasteiger partial charge in [0.2, 0.25) is 0 Å². The molecule has 0 amide bonds. The summed E-state index contributed by atoms with van der Waals surface area (Å²) in [5.74, 6) is -2.18. The number of aliphatic carboxylic acids is 2. The number of hydrogen-bond acceptors (Lipinski definition) is 4. The van der Waals surface area contributed by atoms with E-state index in [1.807, 2.05) is 18.2 Å². The number of hydrogen-bond donors (Lipinski definition) is 3. The Morgan fingerprint density at radius 2 is 1.73 bits per heavy atom. The molecule has 7 heteroatoms. The smallest absolute Gasteiger partial charge is 0.344 e. The Morgan fingerprint density at radius 3 is 2.36 bits per heavy atom. The normalized spacial score (nSPS) is 13.5. The van der Waals surface area contributed by atoms with Crippen molar-refractivity contribution >= 4 is 38.6 Å². The summed E-state index contributed by atoms with van der Waals surface area (Å²) in [6, 6.07) is 9.49. The monoisotopic (exact) mass is 367 g/mol. The highest BCUT2D eigenvalue weighted by Crippen LogP contribution is 2.25. The largest absolute Gasteiger partial charge is 0.480 e. The highest BCUT2D eigenvalue weighted by Gasteiger charge is 2.26. The van der Waals surface area contributed by atoms with Crippen LogP contribution in [0.15, 0.2) is 40.9 Å². The second-order valence-corrected chi connectivity index (χ2v) is 5.69. The molecule has 22 heavy (non-hydrogen) atoms. The molecule has 2 atom stereocenters. The highest BCUT2D eigenvalue weighted by atomic mass is 79.9. The molecule has 0 bridgehead atoms. The number of carbonyl (C=O) groups is 2. The van der Waals surface area contributed by atoms with E-state index in [9.17, 15) is 9.59 Å². The third-order valence-electron chi connectivity index (χ3n) is 3.11. The predicted octanol–water partition coefficient (Wildman–Crippen LogP) is 2.24. The molecule has 2 aromatic rings. The fourth-order valence-electron chi connectivity index (χ4n) is 1.96. The Hall–Kier alpha value is -2.12. The fourth-order valence-corrected chi connectivity index (χ4v) is 2.34. The lowest BCUT2D eigenvalue weighted by atomic mass is 10.1. The van der Waals surface area contributed by atoms with E-state index >= 15 is 0 Å². The molecule has 0 aliphatic carbocycles. The van der Waals surface area contributed by atoms with E-state index < -0.39 is 24.1 Å². The van der Waals surface area contributed by atoms with Crippen molar-refractivity contribution in [2.45, 2.75) is 18.6 Å². The second kappa shape index (κ2) is 6.76. The second-order valence-electron chi connectivity index (χ2n) is 4.78. The van der Waals surface area contributed by atoms with Crippen molar-refractivity contribution in [2.75, 3.05) is 0 Å². The first kappa shape index (κ1) is 16.3. The number of nitrogens with two attached hydrogens (primary N) is 1. The number of carboxylic acids is 2. The molecule has 0 spiro atoms. The number of carboxylic acid groups (broad SMARTS) is 2. The number of fused-ring (bicyclic) bond motifs is 1. The molecule has 2 aromatic carbocycles. The lowest BCUT2D eigenvalue weighted by Gasteiger charge is -2.17. The van der Waals surface area contributed by atoms with Gasteiger partial charge in [-0.3, -0.25) is 4.79 Å². The minimum atomic E-state index is -1.32. The maximum absolute atomic E-state index is 11.2. The minimum absolute atomic E-state index is 0.316. The Balaban J connectivity index is 2.21. The highest BCUT2D eigenvalue weighted by molar-refractivity contribution is 9.10. The summed E-state index contributed by atoms with van der Waals surface area (Å²) in [6.07, 6.45) is -1.64. The van der Waals surface area contributed by atoms with Crippen LogP contribution in [0.25, 0.3) is 10.8 Å². The van der Waals surface area contributed by atoms with Crippen molar-refractivity contribution in [1.29, 1.82) is 0 Å². The number of ether oxygens (including phenoxy) is 1. The van der Waals surface area contributed by atoms with Gasteiger partial charge in [-0.25, -0.2) is 4.79 Å². The molecule has 0 saturated heterocycles. The Bertz CT molecular complexity index is 718. The van der Waals surface area contributed by atoms with E-state index in [-0.39, 0.29) is 6.42 Å². The summed E-state index contributed by atoms with van der Waals surface area (Å²) in [5.41, 5.74) is 5.37. The van der Waals surface area contributed by atoms with Crippen molar-refractivity contribution in [2.24, 2.45) is 5.73 Å². The van der Waals surface area contributed by atoms with Gasteiger partial charge in [-0.1, -0.05) is 28.1 Å². The first-order valence-electron chi connectivity index (χ1n) is 6.44. The molecule has 0 heterocycles. The molecule has 0 saturated carbocycles. The number of benzene rings is 2. The Morgan fingerprint density at radius 1 is 1.09 bits per heavy atom. The number of rotatable bonds is 6. The summed E-state index contributed by atoms with van der Waals surface area (Å²) in [4.78, 5) is 21.9. The van der Waals surface area contributed by atoms with Gasteiger partial charge in [-0.15, -0.1) is 0 Å². The quantitative estimate of drug-likeness (QED) is 0.721. The summed E-state index contributed by atoms with van der Waals surface area (Å²) in [6.45, 7) is 0. The first-order chi connectivity index (χ1) is 10.4. The molecule has 0 aromatic heterocycles. The number of halogens is 1. The van der Waals surface area contributed by atoms with Gasteiger partial charge in [0.05, 0.1) is 0 Å². The van der Waals surface area contributed by atoms with Crippen LogP contribution < -0.4 is 10.5 Å². The Kier molecular flexibility index (Phi) is 4.99. The molecule has 0 fully saturated rings. The average molecular weight is 368 g/mol. The molecule has 0 aliphatic rings. The summed E-state index contributed by atoms with van der Waals surface area (Å²) < 4.78 is 6.32. The van der Waals surface area contributed by atoms with Crippen LogP contribution in [-0.2, 0) is 9.59 Å². The van der Waals surface area contributed by atoms with E-state index in [2.05, 4.69) is 15.9 Å². The molecule has 4 N–H and O–H groups in total. The van der Waals surface area contributed by atoms with Crippen LogP contribution in [0.2, 0.25) is 0 Å². The van der Waals surface area contributed by atoms with Crippen molar-refractivity contribution in [1.82, 2.24) is 0 Å². The predicted molar refractivity (Wildman–Crippen MR) is 83.9 cm³/mol. The molecule has 2 unspecified atom stereocenters. The van der Waals surface area contributed by atoms with Gasteiger partial charge >= 0.3 is 11.9 Å². The molecular weight excluding hydrogens is 354 g/mol. The van der Waals surface area contributed by atoms with Gasteiger partial charge in [0.15, 0.2) is 6.10 Å². The van der Waals surface area contributed by atoms with Crippen LogP contribution in [-0.4, -0.2) is 34.3 Å². The van der Waals surface area contributed by atoms with E-state index in [0.29, 0.717) is 5.75 Å². The van der Waals surface area contributed by atoms with Crippen molar-refractivity contribution in [3.05, 3.63) is 40.9 Å². The van der Waals surface area contributed by atoms with E-state index in [1.54, 1.807) is 18.2 Å². The Labute approximate surface area is 134 Å². The average Bonchev–Trinajstić information content (AvgIpc) is 2.46. The van der Waals surface area contributed by atoms with Crippen LogP contribution in [0.5, 0.6) is 5.75 Å². The van der Waals surface area contributed by atoms with Crippen LogP contribution in [0.3, 0.4) is 0 Å². The topological polar surface area (TPSA) is 110 Å². The van der Waals surface area contributed by atoms with Gasteiger partial charge in [0, 0.05) is 10.9 Å². The zero-order valence-corrected chi connectivity index (χ0v) is 13.0. The molecular formula is C15H14BrNO5. The van der Waals surface area contributed by atoms with Gasteiger partial charge in [-0.2, -0.15) is 0 Å². The molecule has 0 aliphatic heterocycles. The third-order valence-corrected chi connectivity index (χ3v) is 3.61. The van der Waals surface area contributed by atoms with Crippen LogP contribution in [0.1, 0.15) is 6.42 Å². The third kappa shape index (κ3) is 3.96. The van der Waals surface area contributed by atoms with E-state index in [1.165, 1.54) is 0 Å². The lowest BCUT2D eigenvalue weighted by molar-refractivity contribution is -0.146. The van der Waals surface area contributed by atoms with E-state index in [0.717, 1.165) is 15.2 Å². The molecule has 6 nitrogen and oxygen atoms in total. The maximum Gasteiger partial charge on any atom is 0.344 e. The zero-order valence-electron chi connectivity index (χ0n) is 11.4. The zero-order chi connectivity index (χ0) is 16.3. The van der Waals surface area contributed by atoms with Gasteiger partial charge in [0.25, 0.3) is 0 Å². The summed E-state index contributed by atoms with van der Waals surface area (Å²) >= 11 is 3.37. The minimum Gasteiger partial charge on any atom is -0.480 e. The van der Waals surface area contributed by atoms with Gasteiger partial charge in [0.1, 0.15) is 11.8 Å². The lowest BCUT2D eigenvalue weighted by Crippen LogP contribution is -2.39. The van der Waals surface area contributed by atoms with Gasteiger partial charge < -0.3 is 20.7 Å². The standard InChI is InChI=1S/C15H14BrNO5/c16-10-3-1-9-6-11(4-2-8(9)5-10)22-13(15(20)21)7-12(17)14(18)19/h1-6,12-13H,7,17H2,(H,18,19)(H,20,21). The van der Waals surface area contributed by atoms with Crippen molar-refractivity contribution in [3.63, 3.8) is 0 Å². The first-order valence-corrected chi connectivity index (χ1v) is 7.23. The summed E-state index contributed by atoms with van der Waals surface area (Å²) in [7, 11) is 0.